The average Bonchev–Trinajstić information content (AvgIpc) is 3.48. The maximum atomic E-state index is 13.4. The summed E-state index contributed by atoms with van der Waals surface area (Å²) in [6.45, 7) is 2.04. The molecule has 0 saturated heterocycles. The van der Waals surface area contributed by atoms with Crippen LogP contribution in [0.5, 0.6) is 0 Å². The molecular formula is C25H24N2O3. The Hall–Kier alpha value is -3.34. The minimum Gasteiger partial charge on any atom is -0.459 e. The Kier molecular flexibility index (Phi) is 4.66. The molecule has 5 nitrogen and oxygen atoms in total. The van der Waals surface area contributed by atoms with Gasteiger partial charge >= 0.3 is 0 Å². The number of carbonyl (C=O) groups excluding carboxylic acids is 2. The average molecular weight is 400 g/mol. The highest BCUT2D eigenvalue weighted by Gasteiger charge is 2.42. The van der Waals surface area contributed by atoms with Crippen LogP contribution in [-0.4, -0.2) is 17.9 Å². The minimum atomic E-state index is -0.154. The fourth-order valence-electron chi connectivity index (χ4n) is 4.43. The number of furan rings is 1. The van der Waals surface area contributed by atoms with Crippen molar-refractivity contribution in [3.63, 3.8) is 0 Å². The SMILES string of the molecule is C[C@@H]1C[C@H](N(C(=O)C2CC2)c2ccccc2)c2ccccc2N1C(=O)c1ccco1. The first-order valence-electron chi connectivity index (χ1n) is 10.5. The molecule has 0 radical (unpaired) electrons. The highest BCUT2D eigenvalue weighted by Crippen LogP contribution is 2.45. The molecule has 0 N–H and O–H groups in total. The molecule has 2 aliphatic rings. The summed E-state index contributed by atoms with van der Waals surface area (Å²) in [5.41, 5.74) is 2.74. The molecule has 2 atom stereocenters. The van der Waals surface area contributed by atoms with Crippen LogP contribution in [0.15, 0.2) is 77.4 Å². The molecule has 152 valence electrons. The van der Waals surface area contributed by atoms with E-state index in [4.69, 9.17) is 4.42 Å². The van der Waals surface area contributed by atoms with Gasteiger partial charge in [-0.25, -0.2) is 0 Å². The second-order valence-corrected chi connectivity index (χ2v) is 8.13. The Labute approximate surface area is 175 Å². The van der Waals surface area contributed by atoms with Crippen molar-refractivity contribution in [2.24, 2.45) is 5.92 Å². The van der Waals surface area contributed by atoms with Crippen LogP contribution in [0.2, 0.25) is 0 Å². The van der Waals surface area contributed by atoms with E-state index in [1.54, 1.807) is 17.0 Å². The highest BCUT2D eigenvalue weighted by atomic mass is 16.3. The van der Waals surface area contributed by atoms with Crippen LogP contribution in [0.1, 0.15) is 48.3 Å². The second kappa shape index (κ2) is 7.48. The third-order valence-electron chi connectivity index (χ3n) is 6.02. The maximum Gasteiger partial charge on any atom is 0.294 e. The zero-order valence-corrected chi connectivity index (χ0v) is 16.9. The molecular weight excluding hydrogens is 376 g/mol. The fraction of sp³-hybridized carbons (Fsp3) is 0.280. The number of hydrogen-bond donors (Lipinski definition) is 0. The monoisotopic (exact) mass is 400 g/mol. The van der Waals surface area contributed by atoms with Crippen LogP contribution >= 0.6 is 0 Å². The third kappa shape index (κ3) is 3.20. The number of fused-ring (bicyclic) bond motifs is 1. The van der Waals surface area contributed by atoms with Gasteiger partial charge in [0, 0.05) is 23.3 Å². The zero-order chi connectivity index (χ0) is 20.7. The fourth-order valence-corrected chi connectivity index (χ4v) is 4.43. The molecule has 1 fully saturated rings. The highest BCUT2D eigenvalue weighted by molar-refractivity contribution is 6.06. The summed E-state index contributed by atoms with van der Waals surface area (Å²) >= 11 is 0. The summed E-state index contributed by atoms with van der Waals surface area (Å²) in [6.07, 6.45) is 4.09. The number of hydrogen-bond acceptors (Lipinski definition) is 3. The van der Waals surface area contributed by atoms with Gasteiger partial charge < -0.3 is 14.2 Å². The lowest BCUT2D eigenvalue weighted by atomic mass is 9.89. The summed E-state index contributed by atoms with van der Waals surface area (Å²) in [5.74, 6) is 0.455. The molecule has 0 unspecified atom stereocenters. The van der Waals surface area contributed by atoms with Crippen LogP contribution in [0, 0.1) is 5.92 Å². The van der Waals surface area contributed by atoms with Gasteiger partial charge in [-0.2, -0.15) is 0 Å². The van der Waals surface area contributed by atoms with Crippen molar-refractivity contribution in [2.75, 3.05) is 9.80 Å². The van der Waals surface area contributed by atoms with E-state index in [0.29, 0.717) is 12.2 Å². The van der Waals surface area contributed by atoms with Crippen molar-refractivity contribution in [2.45, 2.75) is 38.3 Å². The lowest BCUT2D eigenvalue weighted by molar-refractivity contribution is -0.120. The third-order valence-corrected chi connectivity index (χ3v) is 6.02. The van der Waals surface area contributed by atoms with Gasteiger partial charge in [0.1, 0.15) is 0 Å². The Morgan fingerprint density at radius 3 is 2.40 bits per heavy atom. The van der Waals surface area contributed by atoms with Crippen molar-refractivity contribution in [3.8, 4) is 0 Å². The topological polar surface area (TPSA) is 53.8 Å². The molecule has 1 aromatic heterocycles. The Morgan fingerprint density at radius 1 is 0.967 bits per heavy atom. The predicted octanol–water partition coefficient (Wildman–Crippen LogP) is 5.20. The van der Waals surface area contributed by atoms with Gasteiger partial charge in [0.2, 0.25) is 5.91 Å². The molecule has 0 spiro atoms. The van der Waals surface area contributed by atoms with Gasteiger partial charge in [0.05, 0.1) is 12.3 Å². The van der Waals surface area contributed by atoms with E-state index >= 15 is 0 Å². The van der Waals surface area contributed by atoms with Gasteiger partial charge in [-0.05, 0) is 62.1 Å². The molecule has 1 aliphatic heterocycles. The van der Waals surface area contributed by atoms with E-state index in [0.717, 1.165) is 29.8 Å². The second-order valence-electron chi connectivity index (χ2n) is 8.13. The summed E-state index contributed by atoms with van der Waals surface area (Å²) in [4.78, 5) is 30.3. The summed E-state index contributed by atoms with van der Waals surface area (Å²) in [5, 5.41) is 0. The number of carbonyl (C=O) groups is 2. The lowest BCUT2D eigenvalue weighted by Gasteiger charge is -2.43. The number of nitrogens with zero attached hydrogens (tertiary/aromatic N) is 2. The van der Waals surface area contributed by atoms with Crippen LogP contribution in [0.25, 0.3) is 0 Å². The smallest absolute Gasteiger partial charge is 0.294 e. The number of para-hydroxylation sites is 2. The van der Waals surface area contributed by atoms with Gasteiger partial charge in [0.25, 0.3) is 5.91 Å². The van der Waals surface area contributed by atoms with E-state index in [1.165, 1.54) is 6.26 Å². The van der Waals surface area contributed by atoms with E-state index < -0.39 is 0 Å². The molecule has 2 heterocycles. The van der Waals surface area contributed by atoms with Crippen molar-refractivity contribution in [1.82, 2.24) is 0 Å². The first-order chi connectivity index (χ1) is 14.6. The van der Waals surface area contributed by atoms with Crippen LogP contribution in [0.4, 0.5) is 11.4 Å². The number of anilines is 2. The molecule has 1 aliphatic carbocycles. The van der Waals surface area contributed by atoms with Gasteiger partial charge in [0.15, 0.2) is 5.76 Å². The molecule has 2 amide bonds. The van der Waals surface area contributed by atoms with Crippen molar-refractivity contribution in [1.29, 1.82) is 0 Å². The van der Waals surface area contributed by atoms with E-state index in [9.17, 15) is 9.59 Å². The first kappa shape index (κ1) is 18.7. The molecule has 5 rings (SSSR count). The number of amides is 2. The first-order valence-corrected chi connectivity index (χ1v) is 10.5. The minimum absolute atomic E-state index is 0.0827. The molecule has 5 heteroatoms. The van der Waals surface area contributed by atoms with Crippen LogP contribution in [0.3, 0.4) is 0 Å². The molecule has 2 aromatic carbocycles. The normalized spacial score (nSPS) is 20.5. The number of rotatable bonds is 4. The van der Waals surface area contributed by atoms with Crippen LogP contribution < -0.4 is 9.80 Å². The zero-order valence-electron chi connectivity index (χ0n) is 16.9. The maximum absolute atomic E-state index is 13.4. The van der Waals surface area contributed by atoms with E-state index in [-0.39, 0.29) is 29.8 Å². The lowest BCUT2D eigenvalue weighted by Crippen LogP contribution is -2.48. The Bertz CT molecular complexity index is 1060. The van der Waals surface area contributed by atoms with Crippen molar-refractivity contribution < 1.29 is 14.0 Å². The molecule has 1 saturated carbocycles. The quantitative estimate of drug-likeness (QED) is 0.605. The Morgan fingerprint density at radius 2 is 1.70 bits per heavy atom. The van der Waals surface area contributed by atoms with Crippen molar-refractivity contribution >= 4 is 23.2 Å². The van der Waals surface area contributed by atoms with Crippen molar-refractivity contribution in [3.05, 3.63) is 84.3 Å². The van der Waals surface area contributed by atoms with E-state index in [1.807, 2.05) is 66.4 Å². The summed E-state index contributed by atoms with van der Waals surface area (Å²) in [7, 11) is 0. The Balaban J connectivity index is 1.59. The van der Waals surface area contributed by atoms with E-state index in [2.05, 4.69) is 0 Å². The molecule has 0 bridgehead atoms. The predicted molar refractivity (Wildman–Crippen MR) is 115 cm³/mol. The standard InChI is InChI=1S/C25H24N2O3/c1-17-16-22(27(24(28)18-13-14-18)19-8-3-2-4-9-19)20-10-5-6-11-21(20)26(17)25(29)23-12-7-15-30-23/h2-12,15,17-18,22H,13-14,16H2,1H3/t17-,22+/m1/s1. The van der Waals surface area contributed by atoms with Gasteiger partial charge in [-0.1, -0.05) is 36.4 Å². The number of benzene rings is 2. The van der Waals surface area contributed by atoms with Gasteiger partial charge in [-0.3, -0.25) is 9.59 Å². The molecule has 3 aromatic rings. The summed E-state index contributed by atoms with van der Waals surface area (Å²) in [6, 6.07) is 21.0. The largest absolute Gasteiger partial charge is 0.459 e. The van der Waals surface area contributed by atoms with Gasteiger partial charge in [-0.15, -0.1) is 0 Å². The molecule has 30 heavy (non-hydrogen) atoms. The van der Waals surface area contributed by atoms with Crippen LogP contribution in [-0.2, 0) is 4.79 Å². The summed E-state index contributed by atoms with van der Waals surface area (Å²) < 4.78 is 5.38.